The maximum Gasteiger partial charge on any atom is 0.407 e. The van der Waals surface area contributed by atoms with Crippen LogP contribution in [-0.4, -0.2) is 58.1 Å². The lowest BCUT2D eigenvalue weighted by Crippen LogP contribution is -2.39. The molecule has 4 aromatic rings. The number of ether oxygens (including phenoxy) is 1. The summed E-state index contributed by atoms with van der Waals surface area (Å²) >= 11 is 0. The molecule has 3 heterocycles. The second kappa shape index (κ2) is 10.2. The van der Waals surface area contributed by atoms with Crippen molar-refractivity contribution in [1.82, 2.24) is 29.1 Å². The van der Waals surface area contributed by atoms with Gasteiger partial charge in [0.1, 0.15) is 12.1 Å². The zero-order valence-electron chi connectivity index (χ0n) is 20.3. The monoisotopic (exact) mass is 524 g/mol. The van der Waals surface area contributed by atoms with Crippen LogP contribution in [0.5, 0.6) is 0 Å². The number of nitrogens with zero attached hydrogens (tertiary/aromatic N) is 4. The van der Waals surface area contributed by atoms with Crippen LogP contribution in [0.25, 0.3) is 22.1 Å². The van der Waals surface area contributed by atoms with Crippen LogP contribution >= 0.6 is 0 Å². The predicted octanol–water partition coefficient (Wildman–Crippen LogP) is 2.97. The average Bonchev–Trinajstić information content (AvgIpc) is 3.52. The number of aromatic nitrogens is 4. The number of rotatable bonds is 7. The van der Waals surface area contributed by atoms with E-state index in [9.17, 15) is 18.0 Å². The zero-order valence-corrected chi connectivity index (χ0v) is 21.1. The summed E-state index contributed by atoms with van der Waals surface area (Å²) in [5.74, 6) is -0.170. The Kier molecular flexibility index (Phi) is 6.83. The molecule has 12 heteroatoms. The third kappa shape index (κ3) is 5.01. The first-order valence-corrected chi connectivity index (χ1v) is 13.6. The standard InChI is InChI=1S/C25H28N6O5S/c1-17(32)26-12-14-36-25(33)29-18-7-9-19(10-8-18)30-16-28-22-15-27-24-21(23(22)30)11-13-31(24)37(34,35)20-5-3-2-4-6-20/h2-6,11,13,15-16,18-19H,7-10,12,14H2,1H3,(H,26,32)(H,29,33). The highest BCUT2D eigenvalue weighted by atomic mass is 32.2. The number of hydrogen-bond donors (Lipinski definition) is 2. The minimum Gasteiger partial charge on any atom is -0.448 e. The molecule has 1 aromatic carbocycles. The van der Waals surface area contributed by atoms with Crippen LogP contribution in [0.3, 0.4) is 0 Å². The molecule has 0 aliphatic heterocycles. The Balaban J connectivity index is 1.31. The second-order valence-corrected chi connectivity index (χ2v) is 10.9. The number of imidazole rings is 1. The Bertz CT molecular complexity index is 1540. The highest BCUT2D eigenvalue weighted by molar-refractivity contribution is 7.90. The minimum atomic E-state index is -3.79. The number of amides is 2. The predicted molar refractivity (Wildman–Crippen MR) is 137 cm³/mol. The van der Waals surface area contributed by atoms with Crippen molar-refractivity contribution in [1.29, 1.82) is 0 Å². The molecule has 0 radical (unpaired) electrons. The van der Waals surface area contributed by atoms with E-state index in [2.05, 4.69) is 25.2 Å². The summed E-state index contributed by atoms with van der Waals surface area (Å²) in [5, 5.41) is 6.20. The van der Waals surface area contributed by atoms with Crippen LogP contribution in [-0.2, 0) is 19.6 Å². The van der Waals surface area contributed by atoms with Gasteiger partial charge in [-0.25, -0.2) is 27.2 Å². The number of carbonyl (C=O) groups is 2. The molecule has 5 rings (SSSR count). The van der Waals surface area contributed by atoms with E-state index in [-0.39, 0.29) is 36.0 Å². The van der Waals surface area contributed by atoms with Crippen LogP contribution < -0.4 is 10.6 Å². The number of pyridine rings is 1. The molecular weight excluding hydrogens is 496 g/mol. The topological polar surface area (TPSA) is 137 Å². The van der Waals surface area contributed by atoms with Gasteiger partial charge >= 0.3 is 6.09 Å². The van der Waals surface area contributed by atoms with E-state index in [1.165, 1.54) is 17.1 Å². The Morgan fingerprint density at radius 3 is 2.57 bits per heavy atom. The van der Waals surface area contributed by atoms with Crippen molar-refractivity contribution < 1.29 is 22.7 Å². The van der Waals surface area contributed by atoms with E-state index in [1.54, 1.807) is 48.9 Å². The summed E-state index contributed by atoms with van der Waals surface area (Å²) in [5.41, 5.74) is 1.90. The zero-order chi connectivity index (χ0) is 26.0. The van der Waals surface area contributed by atoms with Crippen molar-refractivity contribution in [3.8, 4) is 0 Å². The summed E-state index contributed by atoms with van der Waals surface area (Å²) in [6.45, 7) is 1.80. The first-order chi connectivity index (χ1) is 17.8. The quantitative estimate of drug-likeness (QED) is 0.355. The van der Waals surface area contributed by atoms with Crippen LogP contribution in [0, 0.1) is 0 Å². The molecular formula is C25H28N6O5S. The van der Waals surface area contributed by atoms with Gasteiger partial charge in [-0.3, -0.25) is 4.79 Å². The molecule has 3 aromatic heterocycles. The fourth-order valence-corrected chi connectivity index (χ4v) is 6.16. The number of fused-ring (bicyclic) bond motifs is 3. The molecule has 11 nitrogen and oxygen atoms in total. The summed E-state index contributed by atoms with van der Waals surface area (Å²) in [7, 11) is -3.79. The maximum atomic E-state index is 13.2. The van der Waals surface area contributed by atoms with Gasteiger partial charge in [0, 0.05) is 30.6 Å². The SMILES string of the molecule is CC(=O)NCCOC(=O)NC1CCC(n2cnc3cnc4c(ccn4S(=O)(=O)c4ccccc4)c32)CC1. The number of alkyl carbamates (subject to hydrolysis) is 1. The number of benzene rings is 1. The molecule has 2 N–H and O–H groups in total. The molecule has 1 aliphatic carbocycles. The molecule has 0 unspecified atom stereocenters. The second-order valence-electron chi connectivity index (χ2n) is 9.08. The van der Waals surface area contributed by atoms with E-state index in [1.807, 2.05) is 0 Å². The minimum absolute atomic E-state index is 0.00177. The first kappa shape index (κ1) is 24.8. The van der Waals surface area contributed by atoms with Crippen LogP contribution in [0.4, 0.5) is 4.79 Å². The average molecular weight is 525 g/mol. The lowest BCUT2D eigenvalue weighted by Gasteiger charge is -2.30. The fourth-order valence-electron chi connectivity index (χ4n) is 4.84. The van der Waals surface area contributed by atoms with E-state index in [4.69, 9.17) is 4.74 Å². The molecule has 1 fully saturated rings. The third-order valence-corrected chi connectivity index (χ3v) is 8.31. The van der Waals surface area contributed by atoms with Crippen molar-refractivity contribution in [3.63, 3.8) is 0 Å². The van der Waals surface area contributed by atoms with E-state index < -0.39 is 16.1 Å². The van der Waals surface area contributed by atoms with Gasteiger partial charge in [0.25, 0.3) is 10.0 Å². The van der Waals surface area contributed by atoms with Crippen LogP contribution in [0.1, 0.15) is 38.6 Å². The van der Waals surface area contributed by atoms with Crippen molar-refractivity contribution in [3.05, 3.63) is 55.1 Å². The Hall–Kier alpha value is -3.93. The number of hydrogen-bond acceptors (Lipinski definition) is 7. The Morgan fingerprint density at radius 1 is 1.08 bits per heavy atom. The van der Waals surface area contributed by atoms with Gasteiger partial charge in [0.15, 0.2) is 5.65 Å². The summed E-state index contributed by atoms with van der Waals surface area (Å²) in [6, 6.07) is 10.2. The Labute approximate surface area is 213 Å². The molecule has 0 spiro atoms. The van der Waals surface area contributed by atoms with Gasteiger partial charge in [-0.2, -0.15) is 0 Å². The van der Waals surface area contributed by atoms with E-state index >= 15 is 0 Å². The Morgan fingerprint density at radius 2 is 1.84 bits per heavy atom. The summed E-state index contributed by atoms with van der Waals surface area (Å²) < 4.78 is 34.9. The molecule has 1 saturated carbocycles. The van der Waals surface area contributed by atoms with Crippen molar-refractivity contribution in [2.45, 2.75) is 49.6 Å². The maximum absolute atomic E-state index is 13.2. The third-order valence-electron chi connectivity index (χ3n) is 6.63. The first-order valence-electron chi connectivity index (χ1n) is 12.2. The van der Waals surface area contributed by atoms with Gasteiger partial charge in [0.05, 0.1) is 29.5 Å². The van der Waals surface area contributed by atoms with Gasteiger partial charge in [-0.05, 0) is 43.9 Å². The van der Waals surface area contributed by atoms with Gasteiger partial charge in [0.2, 0.25) is 5.91 Å². The molecule has 2 amide bonds. The smallest absolute Gasteiger partial charge is 0.407 e. The summed E-state index contributed by atoms with van der Waals surface area (Å²) in [4.78, 5) is 32.1. The fraction of sp³-hybridized carbons (Fsp3) is 0.360. The molecule has 37 heavy (non-hydrogen) atoms. The summed E-state index contributed by atoms with van der Waals surface area (Å²) in [6.07, 6.45) is 7.60. The van der Waals surface area contributed by atoms with Gasteiger partial charge < -0.3 is 19.9 Å². The van der Waals surface area contributed by atoms with Gasteiger partial charge in [-0.1, -0.05) is 18.2 Å². The molecule has 0 saturated heterocycles. The molecule has 0 bridgehead atoms. The van der Waals surface area contributed by atoms with E-state index in [0.717, 1.165) is 36.6 Å². The molecule has 194 valence electrons. The largest absolute Gasteiger partial charge is 0.448 e. The normalized spacial score (nSPS) is 18.1. The van der Waals surface area contributed by atoms with Crippen molar-refractivity contribution >= 4 is 44.1 Å². The highest BCUT2D eigenvalue weighted by Crippen LogP contribution is 2.34. The lowest BCUT2D eigenvalue weighted by atomic mass is 9.91. The van der Waals surface area contributed by atoms with Crippen LogP contribution in [0.15, 0.2) is 60.0 Å². The van der Waals surface area contributed by atoms with Gasteiger partial charge in [-0.15, -0.1) is 0 Å². The van der Waals surface area contributed by atoms with Crippen LogP contribution in [0.2, 0.25) is 0 Å². The number of nitrogens with one attached hydrogen (secondary N) is 2. The van der Waals surface area contributed by atoms with E-state index in [0.29, 0.717) is 11.2 Å². The molecule has 1 aliphatic rings. The van der Waals surface area contributed by atoms with Crippen molar-refractivity contribution in [2.24, 2.45) is 0 Å². The molecule has 0 atom stereocenters. The lowest BCUT2D eigenvalue weighted by molar-refractivity contribution is -0.119. The van der Waals surface area contributed by atoms with Crippen molar-refractivity contribution in [2.75, 3.05) is 13.2 Å². The number of carbonyl (C=O) groups excluding carboxylic acids is 2. The highest BCUT2D eigenvalue weighted by Gasteiger charge is 2.27.